The molecule has 0 radical (unpaired) electrons. The molecule has 148 valence electrons. The molecule has 1 aromatic heterocycles. The van der Waals surface area contributed by atoms with Crippen molar-refractivity contribution in [3.05, 3.63) is 53.3 Å². The first-order valence-corrected chi connectivity index (χ1v) is 8.51. The lowest BCUT2D eigenvalue weighted by Crippen LogP contribution is -2.44. The number of aliphatic imine (C=N–C) groups is 1. The number of halogens is 3. The van der Waals surface area contributed by atoms with Crippen LogP contribution in [0.5, 0.6) is 0 Å². The molecule has 0 fully saturated rings. The lowest BCUT2D eigenvalue weighted by Gasteiger charge is -2.23. The Morgan fingerprint density at radius 2 is 1.85 bits per heavy atom. The third-order valence-electron chi connectivity index (χ3n) is 3.97. The number of rotatable bonds is 6. The average Bonchev–Trinajstić information content (AvgIpc) is 3.04. The molecular weight excluding hydrogens is 359 g/mol. The number of hydrogen-bond donors (Lipinski definition) is 3. The van der Waals surface area contributed by atoms with E-state index in [-0.39, 0.29) is 13.1 Å². The lowest BCUT2D eigenvalue weighted by atomic mass is 10.00. The predicted octanol–water partition coefficient (Wildman–Crippen LogP) is 2.40. The molecule has 1 atom stereocenters. The van der Waals surface area contributed by atoms with Crippen LogP contribution in [0.3, 0.4) is 0 Å². The third kappa shape index (κ3) is 5.99. The number of nitrogens with one attached hydrogen (secondary N) is 2. The van der Waals surface area contributed by atoms with Gasteiger partial charge >= 0.3 is 6.18 Å². The predicted molar refractivity (Wildman–Crippen MR) is 97.0 cm³/mol. The van der Waals surface area contributed by atoms with Gasteiger partial charge in [-0.3, -0.25) is 4.68 Å². The monoisotopic (exact) mass is 383 g/mol. The van der Waals surface area contributed by atoms with Crippen LogP contribution in [0.25, 0.3) is 0 Å². The molecule has 0 aliphatic rings. The van der Waals surface area contributed by atoms with Crippen molar-refractivity contribution in [3.8, 4) is 0 Å². The SMILES string of the molecule is CCNC(=NCc1ccc(C(F)(F)F)cc1)NCC(C)(O)c1cnn(C)c1. The van der Waals surface area contributed by atoms with E-state index in [0.29, 0.717) is 23.6 Å². The van der Waals surface area contributed by atoms with Gasteiger partial charge in [0.2, 0.25) is 0 Å². The zero-order chi connectivity index (χ0) is 20.1. The molecule has 0 bridgehead atoms. The van der Waals surface area contributed by atoms with E-state index in [1.807, 2.05) is 6.92 Å². The van der Waals surface area contributed by atoms with Gasteiger partial charge in [0.1, 0.15) is 5.60 Å². The second-order valence-corrected chi connectivity index (χ2v) is 6.42. The Morgan fingerprint density at radius 3 is 2.37 bits per heavy atom. The Bertz CT molecular complexity index is 766. The van der Waals surface area contributed by atoms with Gasteiger partial charge in [0.25, 0.3) is 0 Å². The van der Waals surface area contributed by atoms with Gasteiger partial charge in [-0.05, 0) is 31.5 Å². The van der Waals surface area contributed by atoms with Crippen LogP contribution in [0, 0.1) is 0 Å². The number of alkyl halides is 3. The summed E-state index contributed by atoms with van der Waals surface area (Å²) in [6.07, 6.45) is -1.03. The van der Waals surface area contributed by atoms with Crippen LogP contribution in [0.15, 0.2) is 41.7 Å². The molecule has 0 aliphatic carbocycles. The van der Waals surface area contributed by atoms with Crippen molar-refractivity contribution >= 4 is 5.96 Å². The van der Waals surface area contributed by atoms with Crippen LogP contribution < -0.4 is 10.6 Å². The van der Waals surface area contributed by atoms with Crippen molar-refractivity contribution < 1.29 is 18.3 Å². The number of aromatic nitrogens is 2. The molecular formula is C18H24F3N5O. The van der Waals surface area contributed by atoms with Crippen LogP contribution >= 0.6 is 0 Å². The first-order chi connectivity index (χ1) is 12.6. The van der Waals surface area contributed by atoms with E-state index in [4.69, 9.17) is 0 Å². The quantitative estimate of drug-likeness (QED) is 0.529. The van der Waals surface area contributed by atoms with Crippen molar-refractivity contribution in [1.82, 2.24) is 20.4 Å². The van der Waals surface area contributed by atoms with Crippen LogP contribution in [0.1, 0.15) is 30.5 Å². The highest BCUT2D eigenvalue weighted by molar-refractivity contribution is 5.79. The molecule has 1 aromatic carbocycles. The maximum Gasteiger partial charge on any atom is 0.416 e. The minimum atomic E-state index is -4.35. The Balaban J connectivity index is 2.01. The summed E-state index contributed by atoms with van der Waals surface area (Å²) in [4.78, 5) is 4.36. The second kappa shape index (κ2) is 8.43. The van der Waals surface area contributed by atoms with Crippen LogP contribution in [-0.2, 0) is 25.4 Å². The normalized spacial score (nSPS) is 14.7. The maximum atomic E-state index is 12.6. The highest BCUT2D eigenvalue weighted by atomic mass is 19.4. The van der Waals surface area contributed by atoms with Gasteiger partial charge in [-0.2, -0.15) is 18.3 Å². The first kappa shape index (κ1) is 20.8. The topological polar surface area (TPSA) is 74.5 Å². The fraction of sp³-hybridized carbons (Fsp3) is 0.444. The number of aryl methyl sites for hydroxylation is 1. The fourth-order valence-corrected chi connectivity index (χ4v) is 2.37. The highest BCUT2D eigenvalue weighted by Gasteiger charge is 2.30. The molecule has 0 spiro atoms. The number of guanidine groups is 1. The van der Waals surface area contributed by atoms with Gasteiger partial charge in [-0.15, -0.1) is 0 Å². The lowest BCUT2D eigenvalue weighted by molar-refractivity contribution is -0.137. The molecule has 0 saturated carbocycles. The van der Waals surface area contributed by atoms with Gasteiger partial charge in [0.05, 0.1) is 24.8 Å². The Morgan fingerprint density at radius 1 is 1.19 bits per heavy atom. The summed E-state index contributed by atoms with van der Waals surface area (Å²) < 4.78 is 39.4. The number of nitrogens with zero attached hydrogens (tertiary/aromatic N) is 3. The second-order valence-electron chi connectivity index (χ2n) is 6.42. The fourth-order valence-electron chi connectivity index (χ4n) is 2.37. The Hall–Kier alpha value is -2.55. The molecule has 0 aliphatic heterocycles. The van der Waals surface area contributed by atoms with Crippen LogP contribution in [0.2, 0.25) is 0 Å². The third-order valence-corrected chi connectivity index (χ3v) is 3.97. The van der Waals surface area contributed by atoms with Crippen molar-refractivity contribution in [3.63, 3.8) is 0 Å². The van der Waals surface area contributed by atoms with E-state index >= 15 is 0 Å². The molecule has 3 N–H and O–H groups in total. The average molecular weight is 383 g/mol. The van der Waals surface area contributed by atoms with Crippen LogP contribution in [-0.4, -0.2) is 33.9 Å². The zero-order valence-corrected chi connectivity index (χ0v) is 15.5. The molecule has 2 rings (SSSR count). The number of hydrogen-bond acceptors (Lipinski definition) is 3. The molecule has 1 unspecified atom stereocenters. The largest absolute Gasteiger partial charge is 0.416 e. The first-order valence-electron chi connectivity index (χ1n) is 8.51. The Labute approximate surface area is 156 Å². The summed E-state index contributed by atoms with van der Waals surface area (Å²) in [6, 6.07) is 4.89. The van der Waals surface area contributed by atoms with Gasteiger partial charge in [-0.1, -0.05) is 12.1 Å². The summed E-state index contributed by atoms with van der Waals surface area (Å²) in [5, 5.41) is 20.7. The van der Waals surface area contributed by atoms with Gasteiger partial charge in [0, 0.05) is 25.4 Å². The number of benzene rings is 1. The molecule has 27 heavy (non-hydrogen) atoms. The molecule has 1 heterocycles. The maximum absolute atomic E-state index is 12.6. The minimum Gasteiger partial charge on any atom is -0.383 e. The molecule has 6 nitrogen and oxygen atoms in total. The smallest absolute Gasteiger partial charge is 0.383 e. The zero-order valence-electron chi connectivity index (χ0n) is 15.5. The summed E-state index contributed by atoms with van der Waals surface area (Å²) >= 11 is 0. The van der Waals surface area contributed by atoms with E-state index in [0.717, 1.165) is 12.1 Å². The van der Waals surface area contributed by atoms with Gasteiger partial charge < -0.3 is 15.7 Å². The molecule has 0 amide bonds. The van der Waals surface area contributed by atoms with E-state index in [2.05, 4.69) is 20.7 Å². The Kier molecular flexibility index (Phi) is 6.48. The van der Waals surface area contributed by atoms with Crippen molar-refractivity contribution in [1.29, 1.82) is 0 Å². The summed E-state index contributed by atoms with van der Waals surface area (Å²) in [5.74, 6) is 0.460. The van der Waals surface area contributed by atoms with E-state index in [1.54, 1.807) is 31.0 Å². The van der Waals surface area contributed by atoms with Crippen LogP contribution in [0.4, 0.5) is 13.2 Å². The van der Waals surface area contributed by atoms with Crippen molar-refractivity contribution in [2.45, 2.75) is 32.2 Å². The number of aliphatic hydroxyl groups is 1. The van der Waals surface area contributed by atoms with Crippen molar-refractivity contribution in [2.24, 2.45) is 12.0 Å². The molecule has 2 aromatic rings. The van der Waals surface area contributed by atoms with Gasteiger partial charge in [-0.25, -0.2) is 4.99 Å². The standard InChI is InChI=1S/C18H24F3N5O/c1-4-22-16(24-12-17(2,27)15-10-25-26(3)11-15)23-9-13-5-7-14(8-6-13)18(19,20)21/h5-8,10-11,27H,4,9,12H2,1-3H3,(H2,22,23,24). The summed E-state index contributed by atoms with van der Waals surface area (Å²) in [6.45, 7) is 4.57. The van der Waals surface area contributed by atoms with E-state index in [9.17, 15) is 18.3 Å². The summed E-state index contributed by atoms with van der Waals surface area (Å²) in [7, 11) is 1.77. The van der Waals surface area contributed by atoms with E-state index in [1.165, 1.54) is 12.1 Å². The minimum absolute atomic E-state index is 0.192. The molecule has 0 saturated heterocycles. The van der Waals surface area contributed by atoms with Gasteiger partial charge in [0.15, 0.2) is 5.96 Å². The highest BCUT2D eigenvalue weighted by Crippen LogP contribution is 2.29. The van der Waals surface area contributed by atoms with Crippen molar-refractivity contribution in [2.75, 3.05) is 13.1 Å². The van der Waals surface area contributed by atoms with E-state index < -0.39 is 17.3 Å². The molecule has 9 heteroatoms. The summed E-state index contributed by atoms with van der Waals surface area (Å²) in [5.41, 5.74) is -0.526.